The number of phosphoric ester groups is 2. The second-order valence-electron chi connectivity index (χ2n) is 23.3. The van der Waals surface area contributed by atoms with Gasteiger partial charge in [-0.15, -0.1) is 0 Å². The summed E-state index contributed by atoms with van der Waals surface area (Å²) in [6.07, 6.45) is 40.9. The van der Waals surface area contributed by atoms with Crippen molar-refractivity contribution in [1.29, 1.82) is 0 Å². The molecule has 0 aromatic carbocycles. The van der Waals surface area contributed by atoms with Crippen molar-refractivity contribution in [1.82, 2.24) is 0 Å². The zero-order valence-corrected chi connectivity index (χ0v) is 54.4. The van der Waals surface area contributed by atoms with Gasteiger partial charge >= 0.3 is 39.5 Å². The highest BCUT2D eigenvalue weighted by Gasteiger charge is 2.30. The van der Waals surface area contributed by atoms with Crippen LogP contribution in [0.2, 0.25) is 0 Å². The van der Waals surface area contributed by atoms with Gasteiger partial charge in [0.1, 0.15) is 19.3 Å². The van der Waals surface area contributed by atoms with Crippen molar-refractivity contribution in [3.05, 3.63) is 0 Å². The van der Waals surface area contributed by atoms with Crippen LogP contribution in [0.1, 0.15) is 317 Å². The number of ether oxygens (including phenoxy) is 4. The molecule has 486 valence electrons. The molecule has 19 heteroatoms. The molecule has 5 atom stereocenters. The van der Waals surface area contributed by atoms with Gasteiger partial charge in [0.25, 0.3) is 0 Å². The standard InChI is InChI=1S/C63H122O17P2/c1-6-9-12-15-17-19-20-21-22-23-24-25-26-27-28-34-39-44-49-63(68)80-59(53-74-61(66)47-42-37-33-30-29-31-36-40-45-56(4)5)55-78-82(71,72)76-51-57(64)50-75-81(69,70)77-54-58(52-73-60(65)46-41-35-14-11-8-3)79-62(67)48-43-38-32-18-16-13-10-7-2/h56-59,64H,6-55H2,1-5H3,(H,69,70)(H,71,72)/t57-,58+,59+/m0/s1. The minimum atomic E-state index is -4.94. The lowest BCUT2D eigenvalue weighted by atomic mass is 10.0. The van der Waals surface area contributed by atoms with E-state index in [4.69, 9.17) is 37.0 Å². The molecule has 0 radical (unpaired) electrons. The van der Waals surface area contributed by atoms with Crippen LogP contribution >= 0.6 is 15.6 Å². The molecule has 0 aromatic heterocycles. The minimum absolute atomic E-state index is 0.104. The molecule has 0 saturated carbocycles. The van der Waals surface area contributed by atoms with Gasteiger partial charge in [0.15, 0.2) is 12.2 Å². The lowest BCUT2D eigenvalue weighted by molar-refractivity contribution is -0.161. The smallest absolute Gasteiger partial charge is 0.462 e. The van der Waals surface area contributed by atoms with Crippen molar-refractivity contribution in [3.8, 4) is 0 Å². The molecule has 0 heterocycles. The van der Waals surface area contributed by atoms with Gasteiger partial charge < -0.3 is 33.8 Å². The molecular formula is C63H122O17P2. The van der Waals surface area contributed by atoms with Crippen LogP contribution in [0, 0.1) is 5.92 Å². The molecule has 0 bridgehead atoms. The maximum Gasteiger partial charge on any atom is 0.472 e. The number of carbonyl (C=O) groups is 4. The number of aliphatic hydroxyl groups excluding tert-OH is 1. The predicted octanol–water partition coefficient (Wildman–Crippen LogP) is 17.4. The van der Waals surface area contributed by atoms with Gasteiger partial charge in [0.2, 0.25) is 0 Å². The van der Waals surface area contributed by atoms with Crippen molar-refractivity contribution >= 4 is 39.5 Å². The molecular weight excluding hydrogens is 1090 g/mol. The van der Waals surface area contributed by atoms with E-state index in [0.717, 1.165) is 109 Å². The van der Waals surface area contributed by atoms with Crippen LogP contribution in [0.3, 0.4) is 0 Å². The highest BCUT2D eigenvalue weighted by Crippen LogP contribution is 2.45. The molecule has 17 nitrogen and oxygen atoms in total. The van der Waals surface area contributed by atoms with Gasteiger partial charge in [-0.1, -0.05) is 266 Å². The monoisotopic (exact) mass is 1210 g/mol. The summed E-state index contributed by atoms with van der Waals surface area (Å²) in [5.74, 6) is -1.42. The molecule has 0 aliphatic heterocycles. The third-order valence-corrected chi connectivity index (χ3v) is 16.4. The van der Waals surface area contributed by atoms with Gasteiger partial charge in [-0.3, -0.25) is 37.3 Å². The van der Waals surface area contributed by atoms with Gasteiger partial charge in [0.05, 0.1) is 26.4 Å². The molecule has 0 fully saturated rings. The van der Waals surface area contributed by atoms with Gasteiger partial charge in [-0.05, 0) is 31.6 Å². The molecule has 0 aromatic rings. The second kappa shape index (κ2) is 56.8. The van der Waals surface area contributed by atoms with E-state index in [9.17, 15) is 43.2 Å². The topological polar surface area (TPSA) is 237 Å². The molecule has 82 heavy (non-hydrogen) atoms. The Bertz CT molecular complexity index is 1600. The Labute approximate surface area is 498 Å². The van der Waals surface area contributed by atoms with E-state index < -0.39 is 97.5 Å². The Morgan fingerprint density at radius 3 is 0.829 bits per heavy atom. The zero-order valence-electron chi connectivity index (χ0n) is 52.6. The molecule has 2 unspecified atom stereocenters. The average molecular weight is 1210 g/mol. The van der Waals surface area contributed by atoms with Crippen LogP contribution in [-0.2, 0) is 65.4 Å². The van der Waals surface area contributed by atoms with Crippen LogP contribution in [0.25, 0.3) is 0 Å². The first-order valence-electron chi connectivity index (χ1n) is 33.1. The Morgan fingerprint density at radius 1 is 0.329 bits per heavy atom. The highest BCUT2D eigenvalue weighted by atomic mass is 31.2. The van der Waals surface area contributed by atoms with Crippen LogP contribution < -0.4 is 0 Å². The fraction of sp³-hybridized carbons (Fsp3) is 0.937. The van der Waals surface area contributed by atoms with Crippen LogP contribution in [-0.4, -0.2) is 96.7 Å². The number of aliphatic hydroxyl groups is 1. The number of carbonyl (C=O) groups excluding carboxylic acids is 4. The van der Waals surface area contributed by atoms with Crippen molar-refractivity contribution in [3.63, 3.8) is 0 Å². The summed E-state index contributed by atoms with van der Waals surface area (Å²) in [6, 6.07) is 0. The average Bonchev–Trinajstić information content (AvgIpc) is 3.44. The molecule has 0 saturated heterocycles. The molecule has 0 rings (SSSR count). The van der Waals surface area contributed by atoms with Gasteiger partial charge in [0, 0.05) is 25.7 Å². The van der Waals surface area contributed by atoms with Gasteiger partial charge in [-0.2, -0.15) is 0 Å². The molecule has 0 amide bonds. The number of esters is 4. The Morgan fingerprint density at radius 2 is 0.561 bits per heavy atom. The maximum atomic E-state index is 13.0. The van der Waals surface area contributed by atoms with E-state index >= 15 is 0 Å². The summed E-state index contributed by atoms with van der Waals surface area (Å²) in [5.41, 5.74) is 0. The van der Waals surface area contributed by atoms with E-state index in [-0.39, 0.29) is 25.7 Å². The highest BCUT2D eigenvalue weighted by molar-refractivity contribution is 7.47. The van der Waals surface area contributed by atoms with Gasteiger partial charge in [-0.25, -0.2) is 9.13 Å². The summed E-state index contributed by atoms with van der Waals surface area (Å²) in [5, 5.41) is 10.5. The van der Waals surface area contributed by atoms with E-state index in [2.05, 4.69) is 34.6 Å². The van der Waals surface area contributed by atoms with E-state index in [0.29, 0.717) is 25.7 Å². The SMILES string of the molecule is CCCCCCCCCCCCCCCCCCCCC(=O)O[C@H](COC(=O)CCCCCCCCCCC(C)C)COP(=O)(O)OC[C@@H](O)COP(=O)(O)OC[C@@H](COC(=O)CCCCCCC)OC(=O)CCCCCCCCCC. The number of rotatable bonds is 63. The first kappa shape index (κ1) is 80.1. The van der Waals surface area contributed by atoms with Crippen LogP contribution in [0.5, 0.6) is 0 Å². The molecule has 0 spiro atoms. The Balaban J connectivity index is 5.12. The first-order valence-corrected chi connectivity index (χ1v) is 36.1. The van der Waals surface area contributed by atoms with E-state index in [1.165, 1.54) is 128 Å². The molecule has 3 N–H and O–H groups in total. The maximum absolute atomic E-state index is 13.0. The Hall–Kier alpha value is -1.94. The number of hydrogen-bond donors (Lipinski definition) is 3. The zero-order chi connectivity index (χ0) is 60.6. The summed E-state index contributed by atoms with van der Waals surface area (Å²) in [4.78, 5) is 71.8. The summed E-state index contributed by atoms with van der Waals surface area (Å²) in [7, 11) is -9.87. The predicted molar refractivity (Wildman–Crippen MR) is 326 cm³/mol. The summed E-state index contributed by atoms with van der Waals surface area (Å²) in [6.45, 7) is 7.04. The van der Waals surface area contributed by atoms with Crippen molar-refractivity contribution in [2.45, 2.75) is 335 Å². The quantitative estimate of drug-likeness (QED) is 0.0222. The summed E-state index contributed by atoms with van der Waals surface area (Å²) >= 11 is 0. The molecule has 0 aliphatic carbocycles. The first-order chi connectivity index (χ1) is 39.5. The number of unbranched alkanes of at least 4 members (excludes halogenated alkanes) is 35. The van der Waals surface area contributed by atoms with E-state index in [1.807, 2.05) is 0 Å². The minimum Gasteiger partial charge on any atom is -0.462 e. The number of hydrogen-bond acceptors (Lipinski definition) is 15. The lowest BCUT2D eigenvalue weighted by Crippen LogP contribution is -2.30. The fourth-order valence-electron chi connectivity index (χ4n) is 9.41. The third kappa shape index (κ3) is 57.2. The Kier molecular flexibility index (Phi) is 55.5. The normalized spacial score (nSPS) is 14.3. The lowest BCUT2D eigenvalue weighted by Gasteiger charge is -2.21. The van der Waals surface area contributed by atoms with Crippen molar-refractivity contribution < 1.29 is 80.2 Å². The van der Waals surface area contributed by atoms with Crippen molar-refractivity contribution in [2.24, 2.45) is 5.92 Å². The fourth-order valence-corrected chi connectivity index (χ4v) is 11.0. The molecule has 0 aliphatic rings. The second-order valence-corrected chi connectivity index (χ2v) is 26.2. The largest absolute Gasteiger partial charge is 0.472 e. The number of phosphoric acid groups is 2. The van der Waals surface area contributed by atoms with E-state index in [1.54, 1.807) is 0 Å². The third-order valence-electron chi connectivity index (χ3n) is 14.5. The van der Waals surface area contributed by atoms with Crippen LogP contribution in [0.4, 0.5) is 0 Å². The van der Waals surface area contributed by atoms with Crippen LogP contribution in [0.15, 0.2) is 0 Å². The summed E-state index contributed by atoms with van der Waals surface area (Å²) < 4.78 is 67.7. The van der Waals surface area contributed by atoms with Crippen molar-refractivity contribution in [2.75, 3.05) is 39.6 Å².